The average molecular weight is 261 g/mol. The van der Waals surface area contributed by atoms with E-state index in [9.17, 15) is 9.50 Å². The first-order valence-electron chi connectivity index (χ1n) is 5.27. The van der Waals surface area contributed by atoms with Gasteiger partial charge >= 0.3 is 0 Å². The summed E-state index contributed by atoms with van der Waals surface area (Å²) in [5.41, 5.74) is -0.278. The van der Waals surface area contributed by atoms with Crippen LogP contribution in [-0.4, -0.2) is 21.7 Å². The zero-order chi connectivity index (χ0) is 11.8. The van der Waals surface area contributed by atoms with Gasteiger partial charge in [-0.25, -0.2) is 4.39 Å². The first-order chi connectivity index (χ1) is 7.50. The van der Waals surface area contributed by atoms with Gasteiger partial charge in [0.05, 0.1) is 10.6 Å². The van der Waals surface area contributed by atoms with Crippen LogP contribution in [0.25, 0.3) is 0 Å². The average Bonchev–Trinajstić information content (AvgIpc) is 2.54. The fourth-order valence-electron chi connectivity index (χ4n) is 2.11. The van der Waals surface area contributed by atoms with Crippen molar-refractivity contribution in [2.45, 2.75) is 30.6 Å². The summed E-state index contributed by atoms with van der Waals surface area (Å²) >= 11 is 7.44. The van der Waals surface area contributed by atoms with E-state index < -0.39 is 11.4 Å². The molecule has 1 nitrogen and oxygen atoms in total. The molecular formula is C12H14ClFOS. The second kappa shape index (κ2) is 4.55. The topological polar surface area (TPSA) is 20.2 Å². The van der Waals surface area contributed by atoms with Crippen LogP contribution in [0.15, 0.2) is 18.2 Å². The minimum atomic E-state index is -0.782. The van der Waals surface area contributed by atoms with Crippen molar-refractivity contribution in [2.75, 3.05) is 5.75 Å². The first kappa shape index (κ1) is 12.2. The summed E-state index contributed by atoms with van der Waals surface area (Å²) in [5, 5.41) is 10.9. The Morgan fingerprint density at radius 1 is 1.62 bits per heavy atom. The molecular weight excluding hydrogens is 247 g/mol. The van der Waals surface area contributed by atoms with Crippen LogP contribution in [0, 0.1) is 5.82 Å². The predicted molar refractivity (Wildman–Crippen MR) is 66.6 cm³/mol. The fourth-order valence-corrected chi connectivity index (χ4v) is 3.55. The Hall–Kier alpha value is -0.250. The summed E-state index contributed by atoms with van der Waals surface area (Å²) in [6.07, 6.45) is 1.06. The molecule has 1 aliphatic heterocycles. The largest absolute Gasteiger partial charge is 0.389 e. The highest BCUT2D eigenvalue weighted by molar-refractivity contribution is 8.00. The molecule has 1 heterocycles. The molecule has 16 heavy (non-hydrogen) atoms. The molecule has 0 saturated carbocycles. The Bertz CT molecular complexity index is 399. The third kappa shape index (κ3) is 2.53. The van der Waals surface area contributed by atoms with Gasteiger partial charge in [0.2, 0.25) is 0 Å². The summed E-state index contributed by atoms with van der Waals surface area (Å²) < 4.78 is 13.7. The second-order valence-corrected chi connectivity index (χ2v) is 6.27. The Labute approximate surface area is 104 Å². The van der Waals surface area contributed by atoms with Gasteiger partial charge < -0.3 is 5.11 Å². The molecule has 1 aromatic rings. The molecule has 0 bridgehead atoms. The summed E-state index contributed by atoms with van der Waals surface area (Å²) in [6.45, 7) is 2.08. The van der Waals surface area contributed by atoms with Gasteiger partial charge in [-0.1, -0.05) is 30.7 Å². The summed E-state index contributed by atoms with van der Waals surface area (Å²) in [7, 11) is 0. The highest BCUT2D eigenvalue weighted by Crippen LogP contribution is 2.37. The number of hydrogen-bond acceptors (Lipinski definition) is 2. The zero-order valence-electron chi connectivity index (χ0n) is 9.04. The molecule has 0 amide bonds. The lowest BCUT2D eigenvalue weighted by molar-refractivity contribution is 0.0633. The van der Waals surface area contributed by atoms with Gasteiger partial charge in [-0.2, -0.15) is 11.8 Å². The first-order valence-corrected chi connectivity index (χ1v) is 6.70. The van der Waals surface area contributed by atoms with Gasteiger partial charge in [0.15, 0.2) is 0 Å². The molecule has 0 aromatic heterocycles. The van der Waals surface area contributed by atoms with Crippen LogP contribution < -0.4 is 0 Å². The van der Waals surface area contributed by atoms with E-state index in [1.807, 2.05) is 0 Å². The van der Waals surface area contributed by atoms with E-state index in [0.29, 0.717) is 29.4 Å². The molecule has 2 atom stereocenters. The lowest BCUT2D eigenvalue weighted by Crippen LogP contribution is -2.31. The lowest BCUT2D eigenvalue weighted by Gasteiger charge is -2.22. The van der Waals surface area contributed by atoms with E-state index >= 15 is 0 Å². The smallest absolute Gasteiger partial charge is 0.145 e. The van der Waals surface area contributed by atoms with E-state index in [0.717, 1.165) is 0 Å². The molecule has 0 aliphatic carbocycles. The van der Waals surface area contributed by atoms with Crippen LogP contribution in [0.2, 0.25) is 5.02 Å². The fraction of sp³-hybridized carbons (Fsp3) is 0.500. The monoisotopic (exact) mass is 260 g/mol. The summed E-state index contributed by atoms with van der Waals surface area (Å²) in [4.78, 5) is 0. The summed E-state index contributed by atoms with van der Waals surface area (Å²) in [6, 6.07) is 4.93. The molecule has 2 unspecified atom stereocenters. The molecule has 1 fully saturated rings. The zero-order valence-corrected chi connectivity index (χ0v) is 10.6. The molecule has 1 aromatic carbocycles. The van der Waals surface area contributed by atoms with Crippen molar-refractivity contribution < 1.29 is 9.50 Å². The Kier molecular flexibility index (Phi) is 3.48. The highest BCUT2D eigenvalue weighted by Gasteiger charge is 2.36. The molecule has 0 radical (unpaired) electrons. The molecule has 1 aliphatic rings. The van der Waals surface area contributed by atoms with E-state index in [2.05, 4.69) is 6.92 Å². The van der Waals surface area contributed by atoms with Crippen molar-refractivity contribution in [3.05, 3.63) is 34.6 Å². The Morgan fingerprint density at radius 2 is 2.38 bits per heavy atom. The maximum absolute atomic E-state index is 13.7. The molecule has 1 saturated heterocycles. The lowest BCUT2D eigenvalue weighted by atomic mass is 9.92. The second-order valence-electron chi connectivity index (χ2n) is 4.44. The maximum atomic E-state index is 13.7. The van der Waals surface area contributed by atoms with Gasteiger partial charge in [-0.15, -0.1) is 0 Å². The number of halogens is 2. The van der Waals surface area contributed by atoms with Crippen LogP contribution in [-0.2, 0) is 6.42 Å². The molecule has 88 valence electrons. The van der Waals surface area contributed by atoms with E-state index in [1.54, 1.807) is 23.9 Å². The van der Waals surface area contributed by atoms with Crippen molar-refractivity contribution in [3.8, 4) is 0 Å². The van der Waals surface area contributed by atoms with Gasteiger partial charge in [0.1, 0.15) is 5.82 Å². The number of rotatable bonds is 2. The third-order valence-electron chi connectivity index (χ3n) is 2.86. The Balaban J connectivity index is 2.18. The number of benzene rings is 1. The van der Waals surface area contributed by atoms with E-state index in [1.165, 1.54) is 6.07 Å². The minimum absolute atomic E-state index is 0.125. The quantitative estimate of drug-likeness (QED) is 0.881. The van der Waals surface area contributed by atoms with Crippen LogP contribution in [0.1, 0.15) is 18.9 Å². The van der Waals surface area contributed by atoms with Crippen LogP contribution >= 0.6 is 23.4 Å². The van der Waals surface area contributed by atoms with Gasteiger partial charge in [-0.05, 0) is 18.1 Å². The molecule has 4 heteroatoms. The van der Waals surface area contributed by atoms with Crippen molar-refractivity contribution >= 4 is 23.4 Å². The number of hydrogen-bond donors (Lipinski definition) is 1. The maximum Gasteiger partial charge on any atom is 0.145 e. The molecule has 1 N–H and O–H groups in total. The van der Waals surface area contributed by atoms with Crippen LogP contribution in [0.3, 0.4) is 0 Å². The van der Waals surface area contributed by atoms with Crippen molar-refractivity contribution in [2.24, 2.45) is 0 Å². The Morgan fingerprint density at radius 3 is 3.00 bits per heavy atom. The predicted octanol–water partition coefficient (Wildman–Crippen LogP) is 3.28. The molecule has 2 rings (SSSR count). The van der Waals surface area contributed by atoms with Crippen LogP contribution in [0.5, 0.6) is 0 Å². The van der Waals surface area contributed by atoms with Gasteiger partial charge in [0.25, 0.3) is 0 Å². The number of aliphatic hydroxyl groups is 1. The van der Waals surface area contributed by atoms with Gasteiger partial charge in [0, 0.05) is 17.4 Å². The van der Waals surface area contributed by atoms with Crippen LogP contribution in [0.4, 0.5) is 4.39 Å². The minimum Gasteiger partial charge on any atom is -0.389 e. The third-order valence-corrected chi connectivity index (χ3v) is 4.59. The summed E-state index contributed by atoms with van der Waals surface area (Å²) in [5.74, 6) is 0.266. The SMILES string of the molecule is CC1CC(O)(Cc2cccc(Cl)c2F)CS1. The van der Waals surface area contributed by atoms with Crippen molar-refractivity contribution in [3.63, 3.8) is 0 Å². The van der Waals surface area contributed by atoms with Crippen molar-refractivity contribution in [1.29, 1.82) is 0 Å². The van der Waals surface area contributed by atoms with Crippen molar-refractivity contribution in [1.82, 2.24) is 0 Å². The van der Waals surface area contributed by atoms with Gasteiger partial charge in [-0.3, -0.25) is 0 Å². The highest BCUT2D eigenvalue weighted by atomic mass is 35.5. The normalized spacial score (nSPS) is 29.6. The molecule has 0 spiro atoms. The van der Waals surface area contributed by atoms with E-state index in [4.69, 9.17) is 11.6 Å². The standard InChI is InChI=1S/C12H14ClFOS/c1-8-5-12(15,7-16-8)6-9-3-2-4-10(13)11(9)14/h2-4,8,15H,5-7H2,1H3. The van der Waals surface area contributed by atoms with E-state index in [-0.39, 0.29) is 5.02 Å². The number of thioether (sulfide) groups is 1.